The highest BCUT2D eigenvalue weighted by Crippen LogP contribution is 2.15. The molecule has 3 nitrogen and oxygen atoms in total. The van der Waals surface area contributed by atoms with E-state index in [0.29, 0.717) is 13.0 Å². The average molecular weight is 270 g/mol. The van der Waals surface area contributed by atoms with E-state index in [2.05, 4.69) is 22.3 Å². The molecule has 17 heavy (non-hydrogen) atoms. The maximum atomic E-state index is 11.4. The molecule has 0 atom stereocenters. The lowest BCUT2D eigenvalue weighted by Crippen LogP contribution is -2.24. The van der Waals surface area contributed by atoms with Crippen molar-refractivity contribution < 1.29 is 4.79 Å². The first-order valence-electron chi connectivity index (χ1n) is 5.58. The van der Waals surface area contributed by atoms with E-state index in [1.54, 1.807) is 29.2 Å². The first-order valence-corrected chi connectivity index (χ1v) is 7.62. The van der Waals surface area contributed by atoms with Gasteiger partial charge in [-0.1, -0.05) is 6.08 Å². The van der Waals surface area contributed by atoms with Crippen LogP contribution < -0.4 is 5.32 Å². The van der Waals surface area contributed by atoms with Crippen molar-refractivity contribution >= 4 is 29.0 Å². The van der Waals surface area contributed by atoms with Gasteiger partial charge in [-0.2, -0.15) is 11.8 Å². The van der Waals surface area contributed by atoms with E-state index in [0.717, 1.165) is 28.6 Å². The molecule has 1 heterocycles. The normalized spacial score (nSPS) is 10.2. The summed E-state index contributed by atoms with van der Waals surface area (Å²) in [6.45, 7) is 6.31. The maximum absolute atomic E-state index is 11.4. The highest BCUT2D eigenvalue weighted by Gasteiger charge is 2.02. The lowest BCUT2D eigenvalue weighted by atomic mass is 10.4. The Morgan fingerprint density at radius 2 is 2.53 bits per heavy atom. The van der Waals surface area contributed by atoms with Gasteiger partial charge < -0.3 is 5.32 Å². The number of carbonyl (C=O) groups excluding carboxylic acids is 1. The van der Waals surface area contributed by atoms with Crippen LogP contribution in [0.5, 0.6) is 0 Å². The molecule has 1 aromatic rings. The van der Waals surface area contributed by atoms with Crippen molar-refractivity contribution in [1.29, 1.82) is 0 Å². The number of aryl methyl sites for hydroxylation is 1. The molecule has 0 saturated carbocycles. The first-order chi connectivity index (χ1) is 8.22. The fourth-order valence-electron chi connectivity index (χ4n) is 1.22. The SMILES string of the molecule is C=CCCNC(=O)CCSCc1csc(C)n1. The Hall–Kier alpha value is -0.810. The standard InChI is InChI=1S/C12H18N2OS2/c1-3-4-6-13-12(15)5-7-16-8-11-9-17-10(2)14-11/h3,9H,1,4-8H2,2H3,(H,13,15). The third-order valence-corrected chi connectivity index (χ3v) is 3.88. The molecular formula is C12H18N2OS2. The van der Waals surface area contributed by atoms with Crippen molar-refractivity contribution in [2.75, 3.05) is 12.3 Å². The molecule has 0 fully saturated rings. The molecule has 1 N–H and O–H groups in total. The summed E-state index contributed by atoms with van der Waals surface area (Å²) in [5.74, 6) is 1.86. The maximum Gasteiger partial charge on any atom is 0.220 e. The van der Waals surface area contributed by atoms with Gasteiger partial charge >= 0.3 is 0 Å². The molecule has 0 aliphatic rings. The summed E-state index contributed by atoms with van der Waals surface area (Å²) in [5.41, 5.74) is 1.12. The zero-order chi connectivity index (χ0) is 12.5. The number of thioether (sulfide) groups is 1. The van der Waals surface area contributed by atoms with Crippen LogP contribution in [0.1, 0.15) is 23.5 Å². The van der Waals surface area contributed by atoms with Crippen LogP contribution >= 0.6 is 23.1 Å². The topological polar surface area (TPSA) is 42.0 Å². The van der Waals surface area contributed by atoms with E-state index in [9.17, 15) is 4.79 Å². The number of nitrogens with zero attached hydrogens (tertiary/aromatic N) is 1. The Morgan fingerprint density at radius 1 is 1.71 bits per heavy atom. The molecule has 1 aromatic heterocycles. The predicted octanol–water partition coefficient (Wildman–Crippen LogP) is 2.77. The molecule has 0 unspecified atom stereocenters. The average Bonchev–Trinajstić information content (AvgIpc) is 2.71. The van der Waals surface area contributed by atoms with Crippen molar-refractivity contribution in [3.63, 3.8) is 0 Å². The molecule has 1 amide bonds. The minimum Gasteiger partial charge on any atom is -0.356 e. The second-order valence-corrected chi connectivity index (χ2v) is 5.76. The Bertz CT molecular complexity index is 363. The molecule has 0 aromatic carbocycles. The van der Waals surface area contributed by atoms with Crippen LogP contribution in [0, 0.1) is 6.92 Å². The fraction of sp³-hybridized carbons (Fsp3) is 0.500. The monoisotopic (exact) mass is 270 g/mol. The summed E-state index contributed by atoms with van der Waals surface area (Å²) in [4.78, 5) is 15.7. The third kappa shape index (κ3) is 6.48. The number of hydrogen-bond acceptors (Lipinski definition) is 4. The summed E-state index contributed by atoms with van der Waals surface area (Å²) in [7, 11) is 0. The van der Waals surface area contributed by atoms with E-state index >= 15 is 0 Å². The minimum absolute atomic E-state index is 0.119. The molecule has 0 radical (unpaired) electrons. The van der Waals surface area contributed by atoms with E-state index in [4.69, 9.17) is 0 Å². The third-order valence-electron chi connectivity index (χ3n) is 2.06. The number of thiazole rings is 1. The smallest absolute Gasteiger partial charge is 0.220 e. The highest BCUT2D eigenvalue weighted by molar-refractivity contribution is 7.98. The Balaban J connectivity index is 2.03. The quantitative estimate of drug-likeness (QED) is 0.583. The fourth-order valence-corrected chi connectivity index (χ4v) is 2.77. The van der Waals surface area contributed by atoms with Crippen molar-refractivity contribution in [1.82, 2.24) is 10.3 Å². The van der Waals surface area contributed by atoms with Crippen LogP contribution in [0.25, 0.3) is 0 Å². The summed E-state index contributed by atoms with van der Waals surface area (Å²) >= 11 is 3.42. The van der Waals surface area contributed by atoms with Crippen LogP contribution in [-0.2, 0) is 10.5 Å². The van der Waals surface area contributed by atoms with Gasteiger partial charge in [0.1, 0.15) is 0 Å². The van der Waals surface area contributed by atoms with Crippen LogP contribution in [-0.4, -0.2) is 23.2 Å². The van der Waals surface area contributed by atoms with Crippen LogP contribution in [0.15, 0.2) is 18.0 Å². The molecule has 1 rings (SSSR count). The highest BCUT2D eigenvalue weighted by atomic mass is 32.2. The molecule has 0 spiro atoms. The van der Waals surface area contributed by atoms with Crippen molar-refractivity contribution in [3.05, 3.63) is 28.7 Å². The van der Waals surface area contributed by atoms with Crippen molar-refractivity contribution in [2.24, 2.45) is 0 Å². The zero-order valence-corrected chi connectivity index (χ0v) is 11.7. The Morgan fingerprint density at radius 3 is 3.18 bits per heavy atom. The summed E-state index contributed by atoms with van der Waals surface area (Å²) < 4.78 is 0. The summed E-state index contributed by atoms with van der Waals surface area (Å²) in [5, 5.41) is 6.02. The zero-order valence-electron chi connectivity index (χ0n) is 10.1. The second kappa shape index (κ2) is 8.31. The van der Waals surface area contributed by atoms with Crippen LogP contribution in [0.2, 0.25) is 0 Å². The Kier molecular flexibility index (Phi) is 6.96. The van der Waals surface area contributed by atoms with Gasteiger partial charge in [0.05, 0.1) is 10.7 Å². The number of hydrogen-bond donors (Lipinski definition) is 1. The summed E-state index contributed by atoms with van der Waals surface area (Å²) in [6.07, 6.45) is 3.21. The molecule has 0 aliphatic carbocycles. The number of nitrogens with one attached hydrogen (secondary N) is 1. The lowest BCUT2D eigenvalue weighted by Gasteiger charge is -2.02. The second-order valence-electron chi connectivity index (χ2n) is 3.59. The molecule has 0 saturated heterocycles. The van der Waals surface area contributed by atoms with E-state index in [1.807, 2.05) is 6.92 Å². The predicted molar refractivity (Wildman–Crippen MR) is 75.5 cm³/mol. The number of carbonyl (C=O) groups is 1. The molecule has 5 heteroatoms. The van der Waals surface area contributed by atoms with Gasteiger partial charge in [0.25, 0.3) is 0 Å². The van der Waals surface area contributed by atoms with Crippen molar-refractivity contribution in [2.45, 2.75) is 25.5 Å². The minimum atomic E-state index is 0.119. The van der Waals surface area contributed by atoms with Crippen LogP contribution in [0.3, 0.4) is 0 Å². The first kappa shape index (κ1) is 14.3. The van der Waals surface area contributed by atoms with Gasteiger partial charge in [-0.05, 0) is 13.3 Å². The number of aromatic nitrogens is 1. The van der Waals surface area contributed by atoms with E-state index in [-0.39, 0.29) is 5.91 Å². The largest absolute Gasteiger partial charge is 0.356 e. The van der Waals surface area contributed by atoms with Gasteiger partial charge in [0.2, 0.25) is 5.91 Å². The molecule has 0 bridgehead atoms. The number of amides is 1. The lowest BCUT2D eigenvalue weighted by molar-refractivity contribution is -0.120. The number of rotatable bonds is 8. The van der Waals surface area contributed by atoms with Gasteiger partial charge in [0, 0.05) is 29.9 Å². The summed E-state index contributed by atoms with van der Waals surface area (Å²) in [6, 6.07) is 0. The molecule has 94 valence electrons. The van der Waals surface area contributed by atoms with Gasteiger partial charge in [0.15, 0.2) is 0 Å². The van der Waals surface area contributed by atoms with Gasteiger partial charge in [-0.25, -0.2) is 4.98 Å². The molecular weight excluding hydrogens is 252 g/mol. The van der Waals surface area contributed by atoms with E-state index < -0.39 is 0 Å². The Labute approximate surface area is 111 Å². The molecule has 0 aliphatic heterocycles. The van der Waals surface area contributed by atoms with Gasteiger partial charge in [-0.3, -0.25) is 4.79 Å². The van der Waals surface area contributed by atoms with Crippen LogP contribution in [0.4, 0.5) is 0 Å². The van der Waals surface area contributed by atoms with Crippen molar-refractivity contribution in [3.8, 4) is 0 Å². The van der Waals surface area contributed by atoms with Gasteiger partial charge in [-0.15, -0.1) is 17.9 Å². The van der Waals surface area contributed by atoms with E-state index in [1.165, 1.54) is 0 Å².